The van der Waals surface area contributed by atoms with Gasteiger partial charge in [-0.15, -0.1) is 0 Å². The molecule has 0 aliphatic carbocycles. The van der Waals surface area contributed by atoms with E-state index in [0.717, 1.165) is 5.56 Å². The molecular weight excluding hydrogens is 284 g/mol. The largest absolute Gasteiger partial charge is 0.481 e. The summed E-state index contributed by atoms with van der Waals surface area (Å²) >= 11 is 5.82. The first-order valence-corrected chi connectivity index (χ1v) is 6.72. The first-order valence-electron chi connectivity index (χ1n) is 6.35. The third-order valence-electron chi connectivity index (χ3n) is 2.98. The third-order valence-corrected chi connectivity index (χ3v) is 3.28. The smallest absolute Gasteiger partial charge is 0.303 e. The first-order chi connectivity index (χ1) is 9.21. The fraction of sp³-hybridized carbons (Fsp3) is 0.615. The molecule has 0 aliphatic heterocycles. The second-order valence-corrected chi connectivity index (χ2v) is 5.69. The molecule has 1 heterocycles. The van der Waals surface area contributed by atoms with Crippen LogP contribution in [0.2, 0.25) is 5.22 Å². The molecule has 1 aromatic rings. The SMILES string of the molecule is Cc1noc(Cl)c1CCC(=O)NC(C)(C)CCC(=O)O. The van der Waals surface area contributed by atoms with E-state index in [2.05, 4.69) is 10.5 Å². The summed E-state index contributed by atoms with van der Waals surface area (Å²) in [6.07, 6.45) is 1.08. The van der Waals surface area contributed by atoms with E-state index in [4.69, 9.17) is 21.2 Å². The van der Waals surface area contributed by atoms with Crippen molar-refractivity contribution >= 4 is 23.5 Å². The van der Waals surface area contributed by atoms with Gasteiger partial charge in [-0.1, -0.05) is 5.16 Å². The van der Waals surface area contributed by atoms with Crippen molar-refractivity contribution in [3.05, 3.63) is 16.5 Å². The lowest BCUT2D eigenvalue weighted by atomic mass is 9.98. The monoisotopic (exact) mass is 302 g/mol. The number of hydrogen-bond donors (Lipinski definition) is 2. The van der Waals surface area contributed by atoms with Crippen LogP contribution in [0.1, 0.15) is 44.4 Å². The molecule has 1 aromatic heterocycles. The number of nitrogens with one attached hydrogen (secondary N) is 1. The number of aromatic nitrogens is 1. The third kappa shape index (κ3) is 5.21. The van der Waals surface area contributed by atoms with E-state index in [-0.39, 0.29) is 24.0 Å². The van der Waals surface area contributed by atoms with E-state index in [9.17, 15) is 9.59 Å². The Morgan fingerprint density at radius 1 is 1.40 bits per heavy atom. The van der Waals surface area contributed by atoms with E-state index in [1.54, 1.807) is 20.8 Å². The highest BCUT2D eigenvalue weighted by atomic mass is 35.5. The molecule has 7 heteroatoms. The van der Waals surface area contributed by atoms with Crippen molar-refractivity contribution in [1.29, 1.82) is 0 Å². The molecule has 0 unspecified atom stereocenters. The van der Waals surface area contributed by atoms with Crippen LogP contribution in [-0.2, 0) is 16.0 Å². The van der Waals surface area contributed by atoms with Crippen molar-refractivity contribution in [2.24, 2.45) is 0 Å². The lowest BCUT2D eigenvalue weighted by Crippen LogP contribution is -2.43. The second kappa shape index (κ2) is 6.74. The number of carbonyl (C=O) groups excluding carboxylic acids is 1. The molecule has 0 aliphatic rings. The van der Waals surface area contributed by atoms with Gasteiger partial charge in [0.15, 0.2) is 0 Å². The van der Waals surface area contributed by atoms with Crippen LogP contribution in [0.4, 0.5) is 0 Å². The van der Waals surface area contributed by atoms with Gasteiger partial charge in [0.2, 0.25) is 11.1 Å². The van der Waals surface area contributed by atoms with Gasteiger partial charge in [-0.25, -0.2) is 0 Å². The number of rotatable bonds is 7. The fourth-order valence-corrected chi connectivity index (χ4v) is 2.07. The number of aryl methyl sites for hydroxylation is 1. The summed E-state index contributed by atoms with van der Waals surface area (Å²) in [5.74, 6) is -1.03. The number of hydrogen-bond acceptors (Lipinski definition) is 4. The molecule has 112 valence electrons. The van der Waals surface area contributed by atoms with Crippen molar-refractivity contribution in [2.75, 3.05) is 0 Å². The maximum atomic E-state index is 11.9. The van der Waals surface area contributed by atoms with Gasteiger partial charge in [-0.2, -0.15) is 0 Å². The number of halogens is 1. The van der Waals surface area contributed by atoms with Gasteiger partial charge >= 0.3 is 5.97 Å². The summed E-state index contributed by atoms with van der Waals surface area (Å²) in [5.41, 5.74) is 0.848. The number of aliphatic carboxylic acids is 1. The Labute approximate surface area is 122 Å². The molecule has 0 aromatic carbocycles. The van der Waals surface area contributed by atoms with Crippen molar-refractivity contribution in [3.63, 3.8) is 0 Å². The van der Waals surface area contributed by atoms with E-state index >= 15 is 0 Å². The van der Waals surface area contributed by atoms with Crippen molar-refractivity contribution in [2.45, 2.75) is 52.0 Å². The van der Waals surface area contributed by atoms with Crippen molar-refractivity contribution in [1.82, 2.24) is 10.5 Å². The zero-order chi connectivity index (χ0) is 15.3. The van der Waals surface area contributed by atoms with E-state index in [0.29, 0.717) is 18.5 Å². The topological polar surface area (TPSA) is 92.4 Å². The molecule has 0 spiro atoms. The first kappa shape index (κ1) is 16.5. The van der Waals surface area contributed by atoms with Gasteiger partial charge in [0.1, 0.15) is 0 Å². The Hall–Kier alpha value is -1.56. The summed E-state index contributed by atoms with van der Waals surface area (Å²) in [5, 5.41) is 15.4. The molecule has 0 saturated carbocycles. The van der Waals surface area contributed by atoms with Crippen LogP contribution in [0.5, 0.6) is 0 Å². The van der Waals surface area contributed by atoms with Crippen LogP contribution < -0.4 is 5.32 Å². The van der Waals surface area contributed by atoms with E-state index in [1.165, 1.54) is 0 Å². The quantitative estimate of drug-likeness (QED) is 0.806. The maximum Gasteiger partial charge on any atom is 0.303 e. The zero-order valence-corrected chi connectivity index (χ0v) is 12.6. The predicted molar refractivity (Wildman–Crippen MR) is 73.7 cm³/mol. The minimum atomic E-state index is -0.876. The van der Waals surface area contributed by atoms with E-state index in [1.807, 2.05) is 0 Å². The Bertz CT molecular complexity index is 477. The molecular formula is C13H19ClN2O4. The Morgan fingerprint density at radius 3 is 2.55 bits per heavy atom. The molecule has 0 bridgehead atoms. The number of carbonyl (C=O) groups is 2. The summed E-state index contributed by atoms with van der Waals surface area (Å²) in [6.45, 7) is 5.36. The molecule has 1 rings (SSSR count). The maximum absolute atomic E-state index is 11.9. The van der Waals surface area contributed by atoms with Gasteiger partial charge in [0.05, 0.1) is 5.69 Å². The summed E-state index contributed by atoms with van der Waals surface area (Å²) in [7, 11) is 0. The van der Waals surface area contributed by atoms with Crippen LogP contribution in [0.25, 0.3) is 0 Å². The number of carboxylic acid groups (broad SMARTS) is 1. The van der Waals surface area contributed by atoms with Gasteiger partial charge in [-0.3, -0.25) is 9.59 Å². The summed E-state index contributed by atoms with van der Waals surface area (Å²) in [6, 6.07) is 0. The highest BCUT2D eigenvalue weighted by Crippen LogP contribution is 2.20. The highest BCUT2D eigenvalue weighted by Gasteiger charge is 2.22. The van der Waals surface area contributed by atoms with Gasteiger partial charge < -0.3 is 14.9 Å². The van der Waals surface area contributed by atoms with Crippen LogP contribution in [-0.4, -0.2) is 27.7 Å². The molecule has 2 N–H and O–H groups in total. The lowest BCUT2D eigenvalue weighted by Gasteiger charge is -2.25. The minimum absolute atomic E-state index is 0.0177. The summed E-state index contributed by atoms with van der Waals surface area (Å²) in [4.78, 5) is 22.4. The molecule has 0 fully saturated rings. The molecule has 20 heavy (non-hydrogen) atoms. The average molecular weight is 303 g/mol. The normalized spacial score (nSPS) is 11.4. The van der Waals surface area contributed by atoms with Gasteiger partial charge in [-0.05, 0) is 45.2 Å². The molecule has 1 amide bonds. The Kier molecular flexibility index (Phi) is 5.56. The van der Waals surface area contributed by atoms with Crippen LogP contribution in [0.3, 0.4) is 0 Å². The number of nitrogens with zero attached hydrogens (tertiary/aromatic N) is 1. The van der Waals surface area contributed by atoms with Crippen LogP contribution >= 0.6 is 11.6 Å². The molecule has 0 saturated heterocycles. The minimum Gasteiger partial charge on any atom is -0.481 e. The Morgan fingerprint density at radius 2 is 2.05 bits per heavy atom. The molecule has 0 atom stereocenters. The predicted octanol–water partition coefficient (Wildman–Crippen LogP) is 2.33. The lowest BCUT2D eigenvalue weighted by molar-refractivity contribution is -0.137. The molecule has 6 nitrogen and oxygen atoms in total. The number of carboxylic acids is 1. The van der Waals surface area contributed by atoms with Crippen LogP contribution in [0.15, 0.2) is 4.52 Å². The average Bonchev–Trinajstić information content (AvgIpc) is 2.64. The van der Waals surface area contributed by atoms with Crippen molar-refractivity contribution < 1.29 is 19.2 Å². The van der Waals surface area contributed by atoms with Gasteiger partial charge in [0, 0.05) is 23.9 Å². The van der Waals surface area contributed by atoms with Crippen LogP contribution in [0, 0.1) is 6.92 Å². The Balaban J connectivity index is 2.45. The summed E-state index contributed by atoms with van der Waals surface area (Å²) < 4.78 is 4.81. The molecule has 0 radical (unpaired) electrons. The van der Waals surface area contributed by atoms with Gasteiger partial charge in [0.25, 0.3) is 0 Å². The number of amides is 1. The van der Waals surface area contributed by atoms with Crippen molar-refractivity contribution in [3.8, 4) is 0 Å². The highest BCUT2D eigenvalue weighted by molar-refractivity contribution is 6.29. The standard InChI is InChI=1S/C13H19ClN2O4/c1-8-9(12(14)20-16-8)4-5-10(17)15-13(2,3)7-6-11(18)19/h4-7H2,1-3H3,(H,15,17)(H,18,19). The van der Waals surface area contributed by atoms with E-state index < -0.39 is 11.5 Å². The zero-order valence-electron chi connectivity index (χ0n) is 11.8. The second-order valence-electron chi connectivity index (χ2n) is 5.35. The fourth-order valence-electron chi connectivity index (χ4n) is 1.80.